The van der Waals surface area contributed by atoms with E-state index in [1.165, 1.54) is 12.1 Å². The van der Waals surface area contributed by atoms with Crippen molar-refractivity contribution < 1.29 is 9.72 Å². The van der Waals surface area contributed by atoms with Gasteiger partial charge in [0, 0.05) is 54.9 Å². The van der Waals surface area contributed by atoms with Crippen molar-refractivity contribution in [1.29, 1.82) is 0 Å². The molecular weight excluding hydrogens is 452 g/mol. The summed E-state index contributed by atoms with van der Waals surface area (Å²) in [6, 6.07) is 20.9. The number of carbonyl (C=O) groups is 1. The molecule has 7 nitrogen and oxygen atoms in total. The molecule has 4 aromatic rings. The molecule has 1 aliphatic rings. The average molecular weight is 481 g/mol. The molecule has 0 unspecified atom stereocenters. The summed E-state index contributed by atoms with van der Waals surface area (Å²) in [5.74, 6) is 0.00269. The fourth-order valence-corrected chi connectivity index (χ4v) is 4.79. The maximum absolute atomic E-state index is 13.8. The van der Waals surface area contributed by atoms with E-state index in [-0.39, 0.29) is 11.6 Å². The number of piperazine rings is 1. The van der Waals surface area contributed by atoms with Crippen LogP contribution in [-0.2, 0) is 0 Å². The number of pyridine rings is 1. The number of aryl methyl sites for hydroxylation is 3. The molecule has 1 fully saturated rings. The molecule has 3 aromatic carbocycles. The van der Waals surface area contributed by atoms with Crippen LogP contribution >= 0.6 is 0 Å². The smallest absolute Gasteiger partial charge is 0.269 e. The Kier molecular flexibility index (Phi) is 6.14. The van der Waals surface area contributed by atoms with Gasteiger partial charge < -0.3 is 9.80 Å². The second-order valence-corrected chi connectivity index (χ2v) is 9.45. The highest BCUT2D eigenvalue weighted by Gasteiger charge is 2.25. The van der Waals surface area contributed by atoms with E-state index in [2.05, 4.69) is 36.9 Å². The number of nitrogens with zero attached hydrogens (tertiary/aromatic N) is 4. The van der Waals surface area contributed by atoms with Crippen LogP contribution in [0.5, 0.6) is 0 Å². The Bertz CT molecular complexity index is 1470. The molecule has 0 radical (unpaired) electrons. The second-order valence-electron chi connectivity index (χ2n) is 9.45. The molecular formula is C29H28N4O3. The molecule has 182 valence electrons. The average Bonchev–Trinajstić information content (AvgIpc) is 2.89. The first-order valence-electron chi connectivity index (χ1n) is 12.1. The van der Waals surface area contributed by atoms with Gasteiger partial charge in [0.25, 0.3) is 11.6 Å². The van der Waals surface area contributed by atoms with Crippen molar-refractivity contribution in [1.82, 2.24) is 9.88 Å². The molecule has 0 aliphatic carbocycles. The molecule has 0 atom stereocenters. The third-order valence-electron chi connectivity index (χ3n) is 6.86. The first-order chi connectivity index (χ1) is 17.3. The van der Waals surface area contributed by atoms with Gasteiger partial charge in [-0.05, 0) is 62.7 Å². The van der Waals surface area contributed by atoms with Gasteiger partial charge in [0.15, 0.2) is 0 Å². The standard InChI is InChI=1S/C29H28N4O3/c1-19-4-6-21(3)24(16-19)28-18-26(25-17-20(2)5-11-27(25)30-28)29(34)32-14-12-31(13-15-32)22-7-9-23(10-8-22)33(35)36/h4-11,16-18H,12-15H2,1-3H3. The second kappa shape index (κ2) is 9.41. The summed E-state index contributed by atoms with van der Waals surface area (Å²) < 4.78 is 0. The summed E-state index contributed by atoms with van der Waals surface area (Å²) in [4.78, 5) is 33.4. The zero-order valence-electron chi connectivity index (χ0n) is 20.7. The van der Waals surface area contributed by atoms with Gasteiger partial charge >= 0.3 is 0 Å². The van der Waals surface area contributed by atoms with E-state index in [1.54, 1.807) is 12.1 Å². The lowest BCUT2D eigenvalue weighted by Crippen LogP contribution is -2.48. The number of benzene rings is 3. The van der Waals surface area contributed by atoms with Crippen molar-refractivity contribution in [2.24, 2.45) is 0 Å². The molecule has 1 aromatic heterocycles. The predicted molar refractivity (Wildman–Crippen MR) is 143 cm³/mol. The minimum atomic E-state index is -0.395. The van der Waals surface area contributed by atoms with E-state index in [0.717, 1.165) is 44.5 Å². The quantitative estimate of drug-likeness (QED) is 0.277. The van der Waals surface area contributed by atoms with E-state index < -0.39 is 4.92 Å². The maximum Gasteiger partial charge on any atom is 0.269 e. The van der Waals surface area contributed by atoms with Gasteiger partial charge in [-0.2, -0.15) is 0 Å². The largest absolute Gasteiger partial charge is 0.368 e. The SMILES string of the molecule is Cc1ccc(C)c(-c2cc(C(=O)N3CCN(c4ccc([N+](=O)[O-])cc4)CC3)c3cc(C)ccc3n2)c1. The number of nitro groups is 1. The molecule has 1 aliphatic heterocycles. The molecule has 2 heterocycles. The Labute approximate surface area is 210 Å². The van der Waals surface area contributed by atoms with E-state index in [9.17, 15) is 14.9 Å². The fourth-order valence-electron chi connectivity index (χ4n) is 4.79. The van der Waals surface area contributed by atoms with Crippen LogP contribution in [0.2, 0.25) is 0 Å². The number of carbonyl (C=O) groups excluding carboxylic acids is 1. The van der Waals surface area contributed by atoms with Crippen molar-refractivity contribution in [2.75, 3.05) is 31.1 Å². The van der Waals surface area contributed by atoms with Crippen LogP contribution in [-0.4, -0.2) is 46.9 Å². The molecule has 1 saturated heterocycles. The minimum Gasteiger partial charge on any atom is -0.368 e. The van der Waals surface area contributed by atoms with E-state index in [0.29, 0.717) is 31.7 Å². The number of hydrogen-bond donors (Lipinski definition) is 0. The highest BCUT2D eigenvalue weighted by molar-refractivity contribution is 6.07. The molecule has 7 heteroatoms. The number of hydrogen-bond acceptors (Lipinski definition) is 5. The van der Waals surface area contributed by atoms with Gasteiger partial charge in [0.2, 0.25) is 0 Å². The third-order valence-corrected chi connectivity index (χ3v) is 6.86. The molecule has 36 heavy (non-hydrogen) atoms. The predicted octanol–water partition coefficient (Wildman–Crippen LogP) is 5.70. The first-order valence-corrected chi connectivity index (χ1v) is 12.1. The van der Waals surface area contributed by atoms with Gasteiger partial charge in [0.05, 0.1) is 21.7 Å². The number of amides is 1. The molecule has 0 N–H and O–H groups in total. The van der Waals surface area contributed by atoms with Crippen molar-refractivity contribution in [3.8, 4) is 11.3 Å². The summed E-state index contributed by atoms with van der Waals surface area (Å²) in [6.45, 7) is 8.62. The van der Waals surface area contributed by atoms with Crippen molar-refractivity contribution in [2.45, 2.75) is 20.8 Å². The Morgan fingerprint density at radius 3 is 2.22 bits per heavy atom. The third kappa shape index (κ3) is 4.52. The highest BCUT2D eigenvalue weighted by atomic mass is 16.6. The maximum atomic E-state index is 13.8. The summed E-state index contributed by atoms with van der Waals surface area (Å²) in [6.07, 6.45) is 0. The van der Waals surface area contributed by atoms with Gasteiger partial charge in [-0.3, -0.25) is 14.9 Å². The van der Waals surface area contributed by atoms with Crippen LogP contribution in [0.3, 0.4) is 0 Å². The number of non-ortho nitro benzene ring substituents is 1. The van der Waals surface area contributed by atoms with Crippen LogP contribution in [0.25, 0.3) is 22.2 Å². The minimum absolute atomic E-state index is 0.00269. The van der Waals surface area contributed by atoms with Crippen LogP contribution in [0, 0.1) is 30.9 Å². The Morgan fingerprint density at radius 2 is 1.53 bits per heavy atom. The lowest BCUT2D eigenvalue weighted by atomic mass is 9.98. The zero-order chi connectivity index (χ0) is 25.4. The van der Waals surface area contributed by atoms with Gasteiger partial charge in [-0.15, -0.1) is 0 Å². The topological polar surface area (TPSA) is 79.6 Å². The summed E-state index contributed by atoms with van der Waals surface area (Å²) >= 11 is 0. The normalized spacial score (nSPS) is 13.8. The molecule has 0 spiro atoms. The van der Waals surface area contributed by atoms with E-state index in [1.807, 2.05) is 36.1 Å². The van der Waals surface area contributed by atoms with Gasteiger partial charge in [-0.25, -0.2) is 4.98 Å². The summed E-state index contributed by atoms with van der Waals surface area (Å²) in [5, 5.41) is 11.8. The van der Waals surface area contributed by atoms with Crippen LogP contribution in [0.15, 0.2) is 66.7 Å². The van der Waals surface area contributed by atoms with E-state index >= 15 is 0 Å². The number of anilines is 1. The molecule has 0 saturated carbocycles. The fraction of sp³-hybridized carbons (Fsp3) is 0.241. The van der Waals surface area contributed by atoms with Crippen LogP contribution < -0.4 is 4.90 Å². The molecule has 5 rings (SSSR count). The summed E-state index contributed by atoms with van der Waals surface area (Å²) in [5.41, 5.74) is 7.68. The van der Waals surface area contributed by atoms with Gasteiger partial charge in [0.1, 0.15) is 0 Å². The first kappa shape index (κ1) is 23.5. The Hall–Kier alpha value is -4.26. The molecule has 1 amide bonds. The number of rotatable bonds is 4. The number of aromatic nitrogens is 1. The van der Waals surface area contributed by atoms with Crippen LogP contribution in [0.4, 0.5) is 11.4 Å². The van der Waals surface area contributed by atoms with E-state index in [4.69, 9.17) is 4.98 Å². The van der Waals surface area contributed by atoms with Crippen LogP contribution in [0.1, 0.15) is 27.0 Å². The van der Waals surface area contributed by atoms with Crippen molar-refractivity contribution >= 4 is 28.2 Å². The zero-order valence-corrected chi connectivity index (χ0v) is 20.7. The van der Waals surface area contributed by atoms with Crippen molar-refractivity contribution in [3.63, 3.8) is 0 Å². The lowest BCUT2D eigenvalue weighted by Gasteiger charge is -2.36. The van der Waals surface area contributed by atoms with Gasteiger partial charge in [-0.1, -0.05) is 29.3 Å². The monoisotopic (exact) mass is 480 g/mol. The Balaban J connectivity index is 1.44. The number of fused-ring (bicyclic) bond motifs is 1. The lowest BCUT2D eigenvalue weighted by molar-refractivity contribution is -0.384. The molecule has 0 bridgehead atoms. The number of nitro benzene ring substituents is 1. The highest BCUT2D eigenvalue weighted by Crippen LogP contribution is 2.30. The summed E-state index contributed by atoms with van der Waals surface area (Å²) in [7, 11) is 0. The van der Waals surface area contributed by atoms with Crippen molar-refractivity contribution in [3.05, 3.63) is 99.1 Å². The Morgan fingerprint density at radius 1 is 0.861 bits per heavy atom.